The van der Waals surface area contributed by atoms with Crippen molar-refractivity contribution in [2.24, 2.45) is 0 Å². The van der Waals surface area contributed by atoms with Gasteiger partial charge in [-0.25, -0.2) is 0 Å². The second-order valence-electron chi connectivity index (χ2n) is 3.06. The Labute approximate surface area is 92.6 Å². The molecular formula is C10H9NOS2. The normalized spacial score (nSPS) is 10.7. The Morgan fingerprint density at radius 3 is 2.50 bits per heavy atom. The molecule has 0 bridgehead atoms. The van der Waals surface area contributed by atoms with Crippen LogP contribution in [-0.2, 0) is 0 Å². The first kappa shape index (κ1) is 9.55. The van der Waals surface area contributed by atoms with Crippen LogP contribution in [0.1, 0.15) is 0 Å². The number of nitrogen functional groups attached to an aromatic ring is 1. The van der Waals surface area contributed by atoms with E-state index < -0.39 is 0 Å². The minimum absolute atomic E-state index is 0.197. The lowest BCUT2D eigenvalue weighted by atomic mass is 10.1. The minimum atomic E-state index is 0.197. The van der Waals surface area contributed by atoms with E-state index in [1.165, 1.54) is 0 Å². The predicted octanol–water partition coefficient (Wildman–Crippen LogP) is 2.70. The molecule has 0 radical (unpaired) electrons. The molecule has 0 fully saturated rings. The number of thiol groups is 2. The Morgan fingerprint density at radius 1 is 1.07 bits per heavy atom. The van der Waals surface area contributed by atoms with Crippen molar-refractivity contribution in [2.75, 3.05) is 5.73 Å². The zero-order valence-electron chi connectivity index (χ0n) is 7.23. The van der Waals surface area contributed by atoms with Crippen LogP contribution in [0.5, 0.6) is 5.75 Å². The van der Waals surface area contributed by atoms with E-state index in [1.54, 1.807) is 18.2 Å². The van der Waals surface area contributed by atoms with E-state index in [4.69, 9.17) is 5.73 Å². The van der Waals surface area contributed by atoms with Crippen LogP contribution in [0.15, 0.2) is 34.1 Å². The molecule has 0 amide bonds. The first-order chi connectivity index (χ1) is 6.59. The van der Waals surface area contributed by atoms with Crippen molar-refractivity contribution in [1.29, 1.82) is 0 Å². The van der Waals surface area contributed by atoms with Crippen molar-refractivity contribution in [3.63, 3.8) is 0 Å². The number of fused-ring (bicyclic) bond motifs is 1. The third-order valence-electron chi connectivity index (χ3n) is 2.10. The second-order valence-corrected chi connectivity index (χ2v) is 4.03. The molecule has 0 saturated heterocycles. The van der Waals surface area contributed by atoms with Gasteiger partial charge in [0.1, 0.15) is 5.75 Å². The summed E-state index contributed by atoms with van der Waals surface area (Å²) in [7, 11) is 0. The maximum Gasteiger partial charge on any atom is 0.124 e. The Morgan fingerprint density at radius 2 is 1.79 bits per heavy atom. The van der Waals surface area contributed by atoms with Crippen molar-refractivity contribution in [3.8, 4) is 5.75 Å². The molecular weight excluding hydrogens is 214 g/mol. The van der Waals surface area contributed by atoms with Crippen molar-refractivity contribution in [3.05, 3.63) is 24.3 Å². The molecule has 3 N–H and O–H groups in total. The third kappa shape index (κ3) is 1.40. The molecule has 72 valence electrons. The van der Waals surface area contributed by atoms with Gasteiger partial charge in [0.25, 0.3) is 0 Å². The smallest absolute Gasteiger partial charge is 0.124 e. The van der Waals surface area contributed by atoms with Gasteiger partial charge in [0.2, 0.25) is 0 Å². The Hall–Kier alpha value is -1.00. The second kappa shape index (κ2) is 3.29. The van der Waals surface area contributed by atoms with E-state index in [9.17, 15) is 5.11 Å². The number of phenols is 1. The molecule has 2 rings (SSSR count). The number of hydrogen-bond donors (Lipinski definition) is 4. The first-order valence-corrected chi connectivity index (χ1v) is 4.92. The highest BCUT2D eigenvalue weighted by molar-refractivity contribution is 7.81. The summed E-state index contributed by atoms with van der Waals surface area (Å²) < 4.78 is 0. The summed E-state index contributed by atoms with van der Waals surface area (Å²) in [5.41, 5.74) is 6.30. The molecule has 0 aromatic heterocycles. The zero-order chi connectivity index (χ0) is 10.3. The number of phenolic OH excluding ortho intramolecular Hbond substituents is 1. The number of anilines is 1. The van der Waals surface area contributed by atoms with Crippen LogP contribution in [0.3, 0.4) is 0 Å². The minimum Gasteiger partial charge on any atom is -0.507 e. The number of benzene rings is 2. The fourth-order valence-corrected chi connectivity index (χ4v) is 1.91. The molecule has 4 heteroatoms. The molecule has 2 nitrogen and oxygen atoms in total. The van der Waals surface area contributed by atoms with Crippen molar-refractivity contribution < 1.29 is 5.11 Å². The van der Waals surface area contributed by atoms with Gasteiger partial charge < -0.3 is 10.8 Å². The molecule has 0 unspecified atom stereocenters. The van der Waals surface area contributed by atoms with Crippen LogP contribution in [0, 0.1) is 0 Å². The van der Waals surface area contributed by atoms with Crippen molar-refractivity contribution in [1.82, 2.24) is 0 Å². The van der Waals surface area contributed by atoms with Crippen molar-refractivity contribution >= 4 is 41.7 Å². The monoisotopic (exact) mass is 223 g/mol. The van der Waals surface area contributed by atoms with Crippen LogP contribution in [0.2, 0.25) is 0 Å². The van der Waals surface area contributed by atoms with Crippen LogP contribution in [0.25, 0.3) is 10.8 Å². The lowest BCUT2D eigenvalue weighted by Gasteiger charge is -2.07. The molecule has 0 atom stereocenters. The van der Waals surface area contributed by atoms with Gasteiger partial charge in [0, 0.05) is 26.3 Å². The summed E-state index contributed by atoms with van der Waals surface area (Å²) >= 11 is 8.47. The molecule has 2 aromatic carbocycles. The number of rotatable bonds is 0. The summed E-state index contributed by atoms with van der Waals surface area (Å²) in [4.78, 5) is 1.37. The van der Waals surface area contributed by atoms with Gasteiger partial charge in [-0.1, -0.05) is 0 Å². The van der Waals surface area contributed by atoms with Gasteiger partial charge in [0.05, 0.1) is 0 Å². The van der Waals surface area contributed by atoms with E-state index in [-0.39, 0.29) is 5.75 Å². The van der Waals surface area contributed by atoms with Gasteiger partial charge in [0.15, 0.2) is 0 Å². The Bertz CT molecular complexity index is 511. The molecule has 2 aromatic rings. The highest BCUT2D eigenvalue weighted by Crippen LogP contribution is 2.34. The Kier molecular flexibility index (Phi) is 2.25. The van der Waals surface area contributed by atoms with Crippen LogP contribution in [0.4, 0.5) is 5.69 Å². The van der Waals surface area contributed by atoms with Gasteiger partial charge in [-0.2, -0.15) is 0 Å². The number of nitrogens with two attached hydrogens (primary N) is 1. The average Bonchev–Trinajstić information content (AvgIpc) is 2.12. The molecule has 0 aliphatic rings. The number of aromatic hydroxyl groups is 1. The third-order valence-corrected chi connectivity index (χ3v) is 2.86. The molecule has 0 aliphatic heterocycles. The first-order valence-electron chi connectivity index (χ1n) is 4.02. The maximum absolute atomic E-state index is 9.64. The SMILES string of the molecule is Nc1ccc2c(O)cc(S)cc2c1S. The summed E-state index contributed by atoms with van der Waals surface area (Å²) in [5.74, 6) is 0.197. The molecule has 0 aliphatic carbocycles. The van der Waals surface area contributed by atoms with E-state index in [1.807, 2.05) is 6.07 Å². The quantitative estimate of drug-likeness (QED) is 0.410. The lowest BCUT2D eigenvalue weighted by Crippen LogP contribution is -1.87. The largest absolute Gasteiger partial charge is 0.507 e. The van der Waals surface area contributed by atoms with Gasteiger partial charge in [-0.05, 0) is 24.3 Å². The van der Waals surface area contributed by atoms with E-state index in [0.29, 0.717) is 15.5 Å². The molecule has 0 spiro atoms. The highest BCUT2D eigenvalue weighted by Gasteiger charge is 2.06. The topological polar surface area (TPSA) is 46.2 Å². The van der Waals surface area contributed by atoms with E-state index in [2.05, 4.69) is 25.3 Å². The van der Waals surface area contributed by atoms with Gasteiger partial charge in [-0.3, -0.25) is 0 Å². The fourth-order valence-electron chi connectivity index (χ4n) is 1.40. The predicted molar refractivity (Wildman–Crippen MR) is 64.5 cm³/mol. The summed E-state index contributed by atoms with van der Waals surface area (Å²) in [5, 5.41) is 11.2. The highest BCUT2D eigenvalue weighted by atomic mass is 32.1. The molecule has 14 heavy (non-hydrogen) atoms. The van der Waals surface area contributed by atoms with Gasteiger partial charge in [-0.15, -0.1) is 25.3 Å². The molecule has 0 heterocycles. The van der Waals surface area contributed by atoms with E-state index in [0.717, 1.165) is 10.8 Å². The van der Waals surface area contributed by atoms with Gasteiger partial charge >= 0.3 is 0 Å². The average molecular weight is 223 g/mol. The summed E-state index contributed by atoms with van der Waals surface area (Å²) in [6.45, 7) is 0. The van der Waals surface area contributed by atoms with Crippen LogP contribution in [-0.4, -0.2) is 5.11 Å². The van der Waals surface area contributed by atoms with E-state index >= 15 is 0 Å². The van der Waals surface area contributed by atoms with Crippen molar-refractivity contribution in [2.45, 2.75) is 9.79 Å². The zero-order valence-corrected chi connectivity index (χ0v) is 9.02. The fraction of sp³-hybridized carbons (Fsp3) is 0. The number of hydrogen-bond acceptors (Lipinski definition) is 4. The molecule has 0 saturated carbocycles. The summed E-state index contributed by atoms with van der Waals surface area (Å²) in [6, 6.07) is 6.92. The lowest BCUT2D eigenvalue weighted by molar-refractivity contribution is 0.480. The van der Waals surface area contributed by atoms with Crippen LogP contribution >= 0.6 is 25.3 Å². The standard InChI is InChI=1S/C10H9NOS2/c11-8-2-1-6-7(10(8)14)3-5(13)4-9(6)12/h1-4,12-14H,11H2. The maximum atomic E-state index is 9.64. The summed E-state index contributed by atoms with van der Waals surface area (Å²) in [6.07, 6.45) is 0. The Balaban J connectivity index is 2.95. The van der Waals surface area contributed by atoms with Crippen LogP contribution < -0.4 is 5.73 Å².